The molecule has 26 heavy (non-hydrogen) atoms. The van der Waals surface area contributed by atoms with Gasteiger partial charge in [-0.05, 0) is 61.4 Å². The molecular weight excluding hydrogens is 316 g/mol. The fourth-order valence-electron chi connectivity index (χ4n) is 2.99. The minimum Gasteiger partial charge on any atom is -0.376 e. The molecule has 0 aliphatic rings. The van der Waals surface area contributed by atoms with Crippen LogP contribution < -0.4 is 0 Å². The standard InChI is InChI=1S/C25H32O/c1-19(2)26-20(3)17-23-12-8-11-22(18-23)10-7-9-21-13-15-24(16-14-21)25(4,5)6/h8,11-16,18-20H,9,17H2,1-6H3. The summed E-state index contributed by atoms with van der Waals surface area (Å²) < 4.78 is 5.83. The molecule has 0 aliphatic heterocycles. The van der Waals surface area contributed by atoms with E-state index in [1.807, 2.05) is 0 Å². The molecule has 1 heteroatoms. The van der Waals surface area contributed by atoms with Gasteiger partial charge in [0.15, 0.2) is 0 Å². The predicted octanol–water partition coefficient (Wildman–Crippen LogP) is 5.93. The molecule has 0 radical (unpaired) electrons. The summed E-state index contributed by atoms with van der Waals surface area (Å²) >= 11 is 0. The normalized spacial score (nSPS) is 12.6. The third-order valence-electron chi connectivity index (χ3n) is 4.30. The van der Waals surface area contributed by atoms with Crippen LogP contribution in [0.1, 0.15) is 63.8 Å². The van der Waals surface area contributed by atoms with Crippen LogP contribution in [-0.4, -0.2) is 12.2 Å². The van der Waals surface area contributed by atoms with Crippen molar-refractivity contribution in [1.82, 2.24) is 0 Å². The van der Waals surface area contributed by atoms with Crippen molar-refractivity contribution in [3.05, 3.63) is 70.8 Å². The van der Waals surface area contributed by atoms with Crippen molar-refractivity contribution in [3.8, 4) is 11.8 Å². The molecule has 0 fully saturated rings. The SMILES string of the molecule is CC(C)OC(C)Cc1cccc(C#CCc2ccc(C(C)(C)C)cc2)c1. The summed E-state index contributed by atoms with van der Waals surface area (Å²) in [6.07, 6.45) is 2.18. The lowest BCUT2D eigenvalue weighted by molar-refractivity contribution is 0.0195. The van der Waals surface area contributed by atoms with Gasteiger partial charge in [-0.2, -0.15) is 0 Å². The molecule has 2 aromatic carbocycles. The minimum absolute atomic E-state index is 0.196. The molecule has 1 unspecified atom stereocenters. The molecule has 2 aromatic rings. The van der Waals surface area contributed by atoms with E-state index in [0.29, 0.717) is 0 Å². The molecule has 0 N–H and O–H groups in total. The zero-order valence-corrected chi connectivity index (χ0v) is 17.1. The van der Waals surface area contributed by atoms with Crippen LogP contribution in [0.3, 0.4) is 0 Å². The molecule has 0 spiro atoms. The van der Waals surface area contributed by atoms with Crippen LogP contribution in [0.4, 0.5) is 0 Å². The summed E-state index contributed by atoms with van der Waals surface area (Å²) in [6, 6.07) is 17.3. The first-order valence-corrected chi connectivity index (χ1v) is 9.57. The Bertz CT molecular complexity index is 751. The van der Waals surface area contributed by atoms with Gasteiger partial charge in [0, 0.05) is 12.0 Å². The number of hydrogen-bond acceptors (Lipinski definition) is 1. The maximum atomic E-state index is 5.83. The van der Waals surface area contributed by atoms with E-state index >= 15 is 0 Å². The molecular formula is C25H32O. The van der Waals surface area contributed by atoms with E-state index in [2.05, 4.69) is 102 Å². The van der Waals surface area contributed by atoms with Crippen molar-refractivity contribution in [2.24, 2.45) is 0 Å². The lowest BCUT2D eigenvalue weighted by Crippen LogP contribution is -2.16. The maximum Gasteiger partial charge on any atom is 0.0590 e. The lowest BCUT2D eigenvalue weighted by Gasteiger charge is -2.18. The summed E-state index contributed by atoms with van der Waals surface area (Å²) in [5.74, 6) is 6.61. The van der Waals surface area contributed by atoms with Gasteiger partial charge in [0.25, 0.3) is 0 Å². The second-order valence-corrected chi connectivity index (χ2v) is 8.33. The zero-order valence-electron chi connectivity index (χ0n) is 17.1. The highest BCUT2D eigenvalue weighted by Crippen LogP contribution is 2.22. The second kappa shape index (κ2) is 9.06. The van der Waals surface area contributed by atoms with E-state index in [1.54, 1.807) is 0 Å². The molecule has 0 bridgehead atoms. The topological polar surface area (TPSA) is 9.23 Å². The number of hydrogen-bond donors (Lipinski definition) is 0. The van der Waals surface area contributed by atoms with Crippen molar-refractivity contribution in [1.29, 1.82) is 0 Å². The molecule has 138 valence electrons. The van der Waals surface area contributed by atoms with Gasteiger partial charge in [-0.1, -0.05) is 69.0 Å². The van der Waals surface area contributed by atoms with Crippen molar-refractivity contribution >= 4 is 0 Å². The Morgan fingerprint density at radius 2 is 1.62 bits per heavy atom. The Morgan fingerprint density at radius 3 is 2.23 bits per heavy atom. The first-order valence-electron chi connectivity index (χ1n) is 9.57. The molecule has 1 atom stereocenters. The number of benzene rings is 2. The fraction of sp³-hybridized carbons (Fsp3) is 0.440. The highest BCUT2D eigenvalue weighted by molar-refractivity contribution is 5.39. The third kappa shape index (κ3) is 6.70. The third-order valence-corrected chi connectivity index (χ3v) is 4.30. The van der Waals surface area contributed by atoms with Crippen molar-refractivity contribution in [2.75, 3.05) is 0 Å². The number of ether oxygens (including phenoxy) is 1. The second-order valence-electron chi connectivity index (χ2n) is 8.33. The summed E-state index contributed by atoms with van der Waals surface area (Å²) in [4.78, 5) is 0. The van der Waals surface area contributed by atoms with Gasteiger partial charge >= 0.3 is 0 Å². The van der Waals surface area contributed by atoms with Gasteiger partial charge in [-0.25, -0.2) is 0 Å². The van der Waals surface area contributed by atoms with Crippen molar-refractivity contribution < 1.29 is 4.74 Å². The van der Waals surface area contributed by atoms with Crippen LogP contribution in [0.25, 0.3) is 0 Å². The van der Waals surface area contributed by atoms with Crippen LogP contribution in [0.2, 0.25) is 0 Å². The Morgan fingerprint density at radius 1 is 0.923 bits per heavy atom. The summed E-state index contributed by atoms with van der Waals surface area (Å²) in [5, 5.41) is 0. The van der Waals surface area contributed by atoms with E-state index in [0.717, 1.165) is 18.4 Å². The van der Waals surface area contributed by atoms with Crippen LogP contribution in [0, 0.1) is 11.8 Å². The van der Waals surface area contributed by atoms with E-state index < -0.39 is 0 Å². The van der Waals surface area contributed by atoms with Gasteiger partial charge in [-0.15, -0.1) is 0 Å². The summed E-state index contributed by atoms with van der Waals surface area (Å²) in [6.45, 7) is 13.0. The van der Waals surface area contributed by atoms with Crippen LogP contribution >= 0.6 is 0 Å². The molecule has 0 aliphatic carbocycles. The highest BCUT2D eigenvalue weighted by atomic mass is 16.5. The molecule has 0 heterocycles. The monoisotopic (exact) mass is 348 g/mol. The van der Waals surface area contributed by atoms with Crippen LogP contribution in [-0.2, 0) is 23.0 Å². The average molecular weight is 349 g/mol. The molecule has 0 saturated carbocycles. The van der Waals surface area contributed by atoms with Gasteiger partial charge < -0.3 is 4.74 Å². The minimum atomic E-state index is 0.196. The molecule has 1 nitrogen and oxygen atoms in total. The predicted molar refractivity (Wildman–Crippen MR) is 112 cm³/mol. The Labute approximate surface area is 159 Å². The van der Waals surface area contributed by atoms with E-state index in [1.165, 1.54) is 16.7 Å². The Hall–Kier alpha value is -2.04. The summed E-state index contributed by atoms with van der Waals surface area (Å²) in [5.41, 5.74) is 5.17. The zero-order chi connectivity index (χ0) is 19.2. The van der Waals surface area contributed by atoms with Gasteiger partial charge in [0.05, 0.1) is 12.2 Å². The fourth-order valence-corrected chi connectivity index (χ4v) is 2.99. The van der Waals surface area contributed by atoms with E-state index in [9.17, 15) is 0 Å². The Kier molecular flexibility index (Phi) is 7.06. The van der Waals surface area contributed by atoms with E-state index in [-0.39, 0.29) is 17.6 Å². The van der Waals surface area contributed by atoms with E-state index in [4.69, 9.17) is 4.74 Å². The van der Waals surface area contributed by atoms with Crippen molar-refractivity contribution in [2.45, 2.75) is 72.0 Å². The van der Waals surface area contributed by atoms with Crippen LogP contribution in [0.15, 0.2) is 48.5 Å². The Balaban J connectivity index is 1.98. The first kappa shape index (κ1) is 20.3. The smallest absolute Gasteiger partial charge is 0.0590 e. The van der Waals surface area contributed by atoms with Gasteiger partial charge in [-0.3, -0.25) is 0 Å². The maximum absolute atomic E-state index is 5.83. The van der Waals surface area contributed by atoms with Crippen molar-refractivity contribution in [3.63, 3.8) is 0 Å². The quantitative estimate of drug-likeness (QED) is 0.608. The molecule has 0 amide bonds. The van der Waals surface area contributed by atoms with Gasteiger partial charge in [0.2, 0.25) is 0 Å². The average Bonchev–Trinajstić information content (AvgIpc) is 2.54. The lowest BCUT2D eigenvalue weighted by atomic mass is 9.86. The van der Waals surface area contributed by atoms with Crippen LogP contribution in [0.5, 0.6) is 0 Å². The molecule has 2 rings (SSSR count). The molecule has 0 saturated heterocycles. The summed E-state index contributed by atoms with van der Waals surface area (Å²) in [7, 11) is 0. The largest absolute Gasteiger partial charge is 0.376 e. The first-order chi connectivity index (χ1) is 12.2. The highest BCUT2D eigenvalue weighted by Gasteiger charge is 2.12. The number of rotatable bonds is 5. The van der Waals surface area contributed by atoms with Gasteiger partial charge in [0.1, 0.15) is 0 Å². The molecule has 0 aromatic heterocycles.